The molecule has 4 N–H and O–H groups in total. The van der Waals surface area contributed by atoms with Crippen LogP contribution in [0.4, 0.5) is 8.78 Å². The van der Waals surface area contributed by atoms with Gasteiger partial charge in [0.2, 0.25) is 0 Å². The molecule has 1 aromatic carbocycles. The number of aromatic nitrogens is 4. The van der Waals surface area contributed by atoms with E-state index in [0.717, 1.165) is 12.1 Å². The van der Waals surface area contributed by atoms with Gasteiger partial charge in [0.15, 0.2) is 17.5 Å². The van der Waals surface area contributed by atoms with Crippen molar-refractivity contribution >= 4 is 17.5 Å². The number of nitrogens with zero attached hydrogens (tertiary/aromatic N) is 3. The minimum absolute atomic E-state index is 0.0138. The zero-order chi connectivity index (χ0) is 19.6. The predicted molar refractivity (Wildman–Crippen MR) is 96.2 cm³/mol. The molecule has 7 nitrogen and oxygen atoms in total. The molecule has 0 bridgehead atoms. The minimum atomic E-state index is -0.951. The van der Waals surface area contributed by atoms with Crippen molar-refractivity contribution in [2.24, 2.45) is 12.8 Å². The highest BCUT2D eigenvalue weighted by Gasteiger charge is 2.20. The molecule has 0 aliphatic carbocycles. The van der Waals surface area contributed by atoms with Crippen LogP contribution in [0.5, 0.6) is 0 Å². The summed E-state index contributed by atoms with van der Waals surface area (Å²) < 4.78 is 28.0. The number of nitrogens with one attached hydrogen (secondary N) is 2. The second-order valence-corrected chi connectivity index (χ2v) is 6.32. The van der Waals surface area contributed by atoms with Gasteiger partial charge in [-0.2, -0.15) is 5.10 Å². The first-order valence-electron chi connectivity index (χ1n) is 8.07. The van der Waals surface area contributed by atoms with Crippen LogP contribution in [0.3, 0.4) is 0 Å². The number of H-pyrrole nitrogens is 1. The standard InChI is InChI=1S/C17H17ClF2N6O/c1-26-13(4-5-22-26)14-15(18)25-16(24-14)17(27)23-10(8-21)6-9-2-3-11(19)12(20)7-9/h2-5,7,10H,6,8,21H2,1H3,(H,23,27)(H,24,25). The normalized spacial score (nSPS) is 12.2. The van der Waals surface area contributed by atoms with Gasteiger partial charge < -0.3 is 16.0 Å². The largest absolute Gasteiger partial charge is 0.345 e. The minimum Gasteiger partial charge on any atom is -0.345 e. The molecule has 0 radical (unpaired) electrons. The second-order valence-electron chi connectivity index (χ2n) is 5.95. The number of carbonyl (C=O) groups is 1. The molecule has 0 saturated heterocycles. The Hall–Kier alpha value is -2.78. The molecule has 2 heterocycles. The number of hydrogen-bond donors (Lipinski definition) is 3. The van der Waals surface area contributed by atoms with E-state index in [9.17, 15) is 13.6 Å². The zero-order valence-corrected chi connectivity index (χ0v) is 15.1. The number of halogens is 3. The molecule has 0 aliphatic rings. The summed E-state index contributed by atoms with van der Waals surface area (Å²) in [5.74, 6) is -2.38. The summed E-state index contributed by atoms with van der Waals surface area (Å²) in [6, 6.07) is 4.78. The quantitative estimate of drug-likeness (QED) is 0.595. The molecule has 3 rings (SSSR count). The molecule has 3 aromatic rings. The SMILES string of the molecule is Cn1nccc1-c1nc(C(=O)NC(CN)Cc2ccc(F)c(F)c2)[nH]c1Cl. The van der Waals surface area contributed by atoms with E-state index in [2.05, 4.69) is 20.4 Å². The number of imidazole rings is 1. The van der Waals surface area contributed by atoms with Crippen molar-refractivity contribution in [1.82, 2.24) is 25.1 Å². The van der Waals surface area contributed by atoms with E-state index < -0.39 is 23.6 Å². The van der Waals surface area contributed by atoms with Crippen LogP contribution in [-0.2, 0) is 13.5 Å². The third-order valence-corrected chi connectivity index (χ3v) is 4.30. The first kappa shape index (κ1) is 19.0. The van der Waals surface area contributed by atoms with E-state index >= 15 is 0 Å². The second kappa shape index (κ2) is 7.85. The summed E-state index contributed by atoms with van der Waals surface area (Å²) in [6.45, 7) is 0.105. The van der Waals surface area contributed by atoms with Crippen molar-refractivity contribution in [3.63, 3.8) is 0 Å². The Balaban J connectivity index is 1.73. The fourth-order valence-corrected chi connectivity index (χ4v) is 2.86. The fourth-order valence-electron chi connectivity index (χ4n) is 2.63. The Labute approximate surface area is 158 Å². The first-order valence-corrected chi connectivity index (χ1v) is 8.45. The highest BCUT2D eigenvalue weighted by atomic mass is 35.5. The van der Waals surface area contributed by atoms with Crippen LogP contribution < -0.4 is 11.1 Å². The van der Waals surface area contributed by atoms with E-state index in [-0.39, 0.29) is 23.9 Å². The molecule has 1 amide bonds. The van der Waals surface area contributed by atoms with Crippen LogP contribution in [0.1, 0.15) is 16.2 Å². The van der Waals surface area contributed by atoms with E-state index in [1.807, 2.05) is 0 Å². The molecule has 10 heteroatoms. The summed E-state index contributed by atoms with van der Waals surface area (Å²) in [5, 5.41) is 6.95. The molecule has 142 valence electrons. The fraction of sp³-hybridized carbons (Fsp3) is 0.235. The van der Waals surface area contributed by atoms with Gasteiger partial charge in [-0.25, -0.2) is 13.8 Å². The molecule has 2 aromatic heterocycles. The number of carbonyl (C=O) groups excluding carboxylic acids is 1. The lowest BCUT2D eigenvalue weighted by Gasteiger charge is -2.16. The Morgan fingerprint density at radius 1 is 1.37 bits per heavy atom. The van der Waals surface area contributed by atoms with Crippen LogP contribution in [0, 0.1) is 11.6 Å². The zero-order valence-electron chi connectivity index (χ0n) is 14.3. The summed E-state index contributed by atoms with van der Waals surface area (Å²) in [5.41, 5.74) is 7.25. The topological polar surface area (TPSA) is 102 Å². The number of aryl methyl sites for hydroxylation is 1. The number of benzene rings is 1. The Kier molecular flexibility index (Phi) is 5.52. The first-order chi connectivity index (χ1) is 12.9. The summed E-state index contributed by atoms with van der Waals surface area (Å²) in [6.07, 6.45) is 1.83. The van der Waals surface area contributed by atoms with Crippen LogP contribution in [0.15, 0.2) is 30.5 Å². The molecule has 0 aliphatic heterocycles. The van der Waals surface area contributed by atoms with Gasteiger partial charge in [-0.3, -0.25) is 9.48 Å². The van der Waals surface area contributed by atoms with Crippen LogP contribution in [-0.4, -0.2) is 38.2 Å². The van der Waals surface area contributed by atoms with Gasteiger partial charge in [0.05, 0.1) is 5.69 Å². The van der Waals surface area contributed by atoms with Gasteiger partial charge in [0.25, 0.3) is 5.91 Å². The maximum absolute atomic E-state index is 13.3. The maximum atomic E-state index is 13.3. The van der Waals surface area contributed by atoms with Crippen molar-refractivity contribution in [3.05, 3.63) is 58.6 Å². The monoisotopic (exact) mass is 394 g/mol. The van der Waals surface area contributed by atoms with Crippen LogP contribution in [0.2, 0.25) is 5.15 Å². The van der Waals surface area contributed by atoms with Crippen molar-refractivity contribution in [3.8, 4) is 11.4 Å². The lowest BCUT2D eigenvalue weighted by molar-refractivity contribution is 0.0928. The lowest BCUT2D eigenvalue weighted by atomic mass is 10.1. The molecule has 0 spiro atoms. The molecule has 1 unspecified atom stereocenters. The Morgan fingerprint density at radius 2 is 2.15 bits per heavy atom. The van der Waals surface area contributed by atoms with E-state index in [4.69, 9.17) is 17.3 Å². The molecule has 0 saturated carbocycles. The average molecular weight is 395 g/mol. The van der Waals surface area contributed by atoms with Gasteiger partial charge >= 0.3 is 0 Å². The van der Waals surface area contributed by atoms with Gasteiger partial charge in [-0.1, -0.05) is 17.7 Å². The smallest absolute Gasteiger partial charge is 0.287 e. The third kappa shape index (κ3) is 4.15. The van der Waals surface area contributed by atoms with Gasteiger partial charge in [-0.15, -0.1) is 0 Å². The number of hydrogen-bond acceptors (Lipinski definition) is 4. The van der Waals surface area contributed by atoms with Crippen molar-refractivity contribution in [2.45, 2.75) is 12.5 Å². The van der Waals surface area contributed by atoms with E-state index in [1.54, 1.807) is 24.0 Å². The summed E-state index contributed by atoms with van der Waals surface area (Å²) in [7, 11) is 1.73. The number of aromatic amines is 1. The average Bonchev–Trinajstić information content (AvgIpc) is 3.22. The van der Waals surface area contributed by atoms with Crippen molar-refractivity contribution < 1.29 is 13.6 Å². The predicted octanol–water partition coefficient (Wildman–Crippen LogP) is 2.04. The summed E-state index contributed by atoms with van der Waals surface area (Å²) >= 11 is 6.14. The van der Waals surface area contributed by atoms with Gasteiger partial charge in [0.1, 0.15) is 10.8 Å². The van der Waals surface area contributed by atoms with E-state index in [1.165, 1.54) is 6.07 Å². The summed E-state index contributed by atoms with van der Waals surface area (Å²) in [4.78, 5) is 19.4. The number of amides is 1. The molecule has 27 heavy (non-hydrogen) atoms. The molecule has 1 atom stereocenters. The lowest BCUT2D eigenvalue weighted by Crippen LogP contribution is -2.42. The van der Waals surface area contributed by atoms with Crippen LogP contribution >= 0.6 is 11.6 Å². The Morgan fingerprint density at radius 3 is 2.78 bits per heavy atom. The van der Waals surface area contributed by atoms with Crippen molar-refractivity contribution in [2.75, 3.05) is 6.54 Å². The molecular formula is C17H17ClF2N6O. The maximum Gasteiger partial charge on any atom is 0.287 e. The van der Waals surface area contributed by atoms with Crippen LogP contribution in [0.25, 0.3) is 11.4 Å². The van der Waals surface area contributed by atoms with E-state index in [0.29, 0.717) is 17.0 Å². The molecular weight excluding hydrogens is 378 g/mol. The van der Waals surface area contributed by atoms with Crippen molar-refractivity contribution in [1.29, 1.82) is 0 Å². The molecule has 0 fully saturated rings. The Bertz CT molecular complexity index is 970. The number of rotatable bonds is 6. The number of nitrogens with two attached hydrogens (primary N) is 1. The van der Waals surface area contributed by atoms with Gasteiger partial charge in [-0.05, 0) is 30.2 Å². The highest BCUT2D eigenvalue weighted by Crippen LogP contribution is 2.24. The van der Waals surface area contributed by atoms with Gasteiger partial charge in [0, 0.05) is 25.8 Å². The highest BCUT2D eigenvalue weighted by molar-refractivity contribution is 6.32. The third-order valence-electron chi connectivity index (χ3n) is 4.02.